The van der Waals surface area contributed by atoms with E-state index in [1.165, 1.54) is 0 Å². The third-order valence-corrected chi connectivity index (χ3v) is 3.34. The maximum atomic E-state index is 11.1. The second kappa shape index (κ2) is 2.69. The summed E-state index contributed by atoms with van der Waals surface area (Å²) >= 11 is -0.339. The van der Waals surface area contributed by atoms with E-state index in [-0.39, 0.29) is 26.9 Å². The van der Waals surface area contributed by atoms with E-state index in [1.54, 1.807) is 0 Å². The van der Waals surface area contributed by atoms with Gasteiger partial charge in [0.25, 0.3) is 5.91 Å². The molecule has 0 unspecified atom stereocenters. The maximum Gasteiger partial charge on any atom is 0.272 e. The van der Waals surface area contributed by atoms with Crippen LogP contribution in [0.15, 0.2) is 27.5 Å². The molecule has 1 aliphatic rings. The van der Waals surface area contributed by atoms with Crippen molar-refractivity contribution in [2.45, 2.75) is 0 Å². The molecule has 0 saturated heterocycles. The van der Waals surface area contributed by atoms with Crippen molar-refractivity contribution in [2.75, 3.05) is 0 Å². The summed E-state index contributed by atoms with van der Waals surface area (Å²) in [6, 6.07) is 7.60. The van der Waals surface area contributed by atoms with Crippen LogP contribution in [0.4, 0.5) is 0 Å². The molecule has 56 valence electrons. The van der Waals surface area contributed by atoms with Crippen molar-refractivity contribution in [3.05, 3.63) is 33.4 Å². The first-order valence-electron chi connectivity index (χ1n) is 3.11. The minimum atomic E-state index is -0.339. The van der Waals surface area contributed by atoms with Crippen molar-refractivity contribution in [3.63, 3.8) is 0 Å². The molecule has 0 aliphatic carbocycles. The monoisotopic (exact) mass is 260 g/mol. The first-order chi connectivity index (χ1) is 5.38. The summed E-state index contributed by atoms with van der Waals surface area (Å²) in [5, 5.41) is 0. The Labute approximate surface area is 73.9 Å². The van der Waals surface area contributed by atoms with Gasteiger partial charge in [-0.15, -0.1) is 3.25 Å². The Morgan fingerprint density at radius 2 is 2.18 bits per heavy atom. The predicted molar refractivity (Wildman–Crippen MR) is 49.1 cm³/mol. The minimum Gasteiger partial charge on any atom is -0.267 e. The summed E-state index contributed by atoms with van der Waals surface area (Å²) in [5.41, 5.74) is 3.26. The number of halogens is 1. The number of hydrogen-bond donors (Lipinski definition) is 1. The maximum absolute atomic E-state index is 11.1. The van der Waals surface area contributed by atoms with Gasteiger partial charge in [-0.2, -0.15) is 0 Å². The molecule has 3 nitrogen and oxygen atoms in total. The quantitative estimate of drug-likeness (QED) is 0.708. The van der Waals surface area contributed by atoms with Gasteiger partial charge in [-0.05, 0) is 12.1 Å². The summed E-state index contributed by atoms with van der Waals surface area (Å²) in [5.74, 6) is -0.0773. The lowest BCUT2D eigenvalue weighted by molar-refractivity contribution is 0.0955. The van der Waals surface area contributed by atoms with Gasteiger partial charge < -0.3 is 0 Å². The molecule has 4 heteroatoms. The molecule has 0 spiro atoms. The summed E-state index contributed by atoms with van der Waals surface area (Å²) in [6.45, 7) is 0. The number of amides is 1. The zero-order valence-corrected chi connectivity index (χ0v) is 7.70. The summed E-state index contributed by atoms with van der Waals surface area (Å²) in [7, 11) is 0. The Kier molecular flexibility index (Phi) is 1.69. The number of nitrogens with one attached hydrogen (secondary N) is 1. The fourth-order valence-electron chi connectivity index (χ4n) is 0.884. The topological polar surface area (TPSA) is 41.5 Å². The number of carbonyl (C=O) groups is 1. The Hall–Kier alpha value is -0.780. The molecule has 1 aromatic rings. The molecule has 0 saturated carbocycles. The van der Waals surface area contributed by atoms with E-state index in [0.29, 0.717) is 0 Å². The standard InChI is InChI=1S/C7H5IN2O/c11-7-5-3-1-2-4-6(5)8-10-9-7/h1-4H,(H,9,11). The lowest BCUT2D eigenvalue weighted by atomic mass is 10.2. The van der Waals surface area contributed by atoms with Crippen molar-refractivity contribution in [3.8, 4) is 0 Å². The Morgan fingerprint density at radius 3 is 3.00 bits per heavy atom. The van der Waals surface area contributed by atoms with Gasteiger partial charge in [-0.3, -0.25) is 4.79 Å². The first-order valence-corrected chi connectivity index (χ1v) is 5.16. The Morgan fingerprint density at radius 1 is 1.36 bits per heavy atom. The molecule has 1 N–H and O–H groups in total. The van der Waals surface area contributed by atoms with Crippen LogP contribution >= 0.6 is 21.0 Å². The smallest absolute Gasteiger partial charge is 0.267 e. The van der Waals surface area contributed by atoms with Gasteiger partial charge in [-0.1, -0.05) is 12.1 Å². The predicted octanol–water partition coefficient (Wildman–Crippen LogP) is 1.67. The number of fused-ring (bicyclic) bond motifs is 1. The molecule has 1 amide bonds. The van der Waals surface area contributed by atoms with Crippen LogP contribution in [-0.2, 0) is 0 Å². The van der Waals surface area contributed by atoms with E-state index in [2.05, 4.69) is 8.68 Å². The molecule has 0 fully saturated rings. The van der Waals surface area contributed by atoms with Crippen LogP contribution in [0.25, 0.3) is 0 Å². The Balaban J connectivity index is 2.63. The Bertz CT molecular complexity index is 335. The normalized spacial score (nSPS) is 14.7. The van der Waals surface area contributed by atoms with Crippen molar-refractivity contribution in [1.82, 2.24) is 5.43 Å². The highest BCUT2D eigenvalue weighted by Gasteiger charge is 2.12. The molecule has 1 aliphatic heterocycles. The largest absolute Gasteiger partial charge is 0.272 e. The SMILES string of the molecule is O=C1NN=Ic2ccccc21. The van der Waals surface area contributed by atoms with Crippen molar-refractivity contribution in [2.24, 2.45) is 3.25 Å². The van der Waals surface area contributed by atoms with Crippen LogP contribution in [0.1, 0.15) is 10.4 Å². The van der Waals surface area contributed by atoms with E-state index in [4.69, 9.17) is 0 Å². The molecular weight excluding hydrogens is 255 g/mol. The molecular formula is C7H5IN2O. The fourth-order valence-corrected chi connectivity index (χ4v) is 2.54. The third-order valence-electron chi connectivity index (χ3n) is 1.40. The van der Waals surface area contributed by atoms with E-state index < -0.39 is 0 Å². The minimum absolute atomic E-state index is 0.0773. The van der Waals surface area contributed by atoms with Gasteiger partial charge in [0, 0.05) is 3.57 Å². The lowest BCUT2D eigenvalue weighted by Gasteiger charge is -2.06. The second-order valence-electron chi connectivity index (χ2n) is 2.09. The van der Waals surface area contributed by atoms with E-state index >= 15 is 0 Å². The number of rotatable bonds is 0. The van der Waals surface area contributed by atoms with Crippen LogP contribution in [-0.4, -0.2) is 5.91 Å². The molecule has 11 heavy (non-hydrogen) atoms. The third kappa shape index (κ3) is 1.18. The second-order valence-corrected chi connectivity index (χ2v) is 4.22. The van der Waals surface area contributed by atoms with Crippen LogP contribution in [0.2, 0.25) is 0 Å². The van der Waals surface area contributed by atoms with Crippen LogP contribution < -0.4 is 5.43 Å². The van der Waals surface area contributed by atoms with Gasteiger partial charge >= 0.3 is 0 Å². The molecule has 0 atom stereocenters. The summed E-state index contributed by atoms with van der Waals surface area (Å²) in [4.78, 5) is 11.1. The van der Waals surface area contributed by atoms with Gasteiger partial charge in [0.05, 0.1) is 26.6 Å². The van der Waals surface area contributed by atoms with Crippen molar-refractivity contribution in [1.29, 1.82) is 0 Å². The number of carbonyl (C=O) groups excluding carboxylic acids is 1. The zero-order chi connectivity index (χ0) is 7.68. The molecule has 1 aromatic carbocycles. The van der Waals surface area contributed by atoms with Crippen LogP contribution in [0, 0.1) is 3.57 Å². The first kappa shape index (κ1) is 6.90. The highest BCUT2D eigenvalue weighted by molar-refractivity contribution is 14.2. The van der Waals surface area contributed by atoms with Gasteiger partial charge in [0.1, 0.15) is 0 Å². The highest BCUT2D eigenvalue weighted by Crippen LogP contribution is 2.20. The van der Waals surface area contributed by atoms with Gasteiger partial charge in [-0.25, -0.2) is 5.43 Å². The average Bonchev–Trinajstić information content (AvgIpc) is 2.06. The van der Waals surface area contributed by atoms with Gasteiger partial charge in [0.15, 0.2) is 0 Å². The van der Waals surface area contributed by atoms with Crippen LogP contribution in [0.5, 0.6) is 0 Å². The lowest BCUT2D eigenvalue weighted by Crippen LogP contribution is -2.19. The molecule has 0 aromatic heterocycles. The number of benzene rings is 1. The van der Waals surface area contributed by atoms with Gasteiger partial charge in [0.2, 0.25) is 0 Å². The molecule has 0 radical (unpaired) electrons. The number of nitrogens with zero attached hydrogens (tertiary/aromatic N) is 1. The molecule has 2 rings (SSSR count). The van der Waals surface area contributed by atoms with E-state index in [0.717, 1.165) is 9.13 Å². The zero-order valence-electron chi connectivity index (χ0n) is 5.54. The highest BCUT2D eigenvalue weighted by atomic mass is 127. The van der Waals surface area contributed by atoms with Crippen molar-refractivity contribution < 1.29 is 4.79 Å². The number of hydrogen-bond acceptors (Lipinski definition) is 2. The average molecular weight is 260 g/mol. The van der Waals surface area contributed by atoms with E-state index in [9.17, 15) is 4.79 Å². The molecule has 0 bridgehead atoms. The summed E-state index contributed by atoms with van der Waals surface area (Å²) < 4.78 is 5.02. The molecule has 1 heterocycles. The van der Waals surface area contributed by atoms with E-state index in [1.807, 2.05) is 24.3 Å². The van der Waals surface area contributed by atoms with Crippen molar-refractivity contribution >= 4 is 26.9 Å². The van der Waals surface area contributed by atoms with Crippen LogP contribution in [0.3, 0.4) is 0 Å². The fraction of sp³-hybridized carbons (Fsp3) is 0. The summed E-state index contributed by atoms with van der Waals surface area (Å²) in [6.07, 6.45) is 0.